The van der Waals surface area contributed by atoms with E-state index >= 15 is 0 Å². The van der Waals surface area contributed by atoms with Crippen molar-refractivity contribution in [3.63, 3.8) is 0 Å². The molecule has 0 radical (unpaired) electrons. The largest absolute Gasteiger partial charge is 0.347 e. The van der Waals surface area contributed by atoms with Gasteiger partial charge in [-0.15, -0.1) is 0 Å². The van der Waals surface area contributed by atoms with Crippen molar-refractivity contribution in [3.8, 4) is 0 Å². The number of amides is 2. The van der Waals surface area contributed by atoms with E-state index < -0.39 is 0 Å². The Morgan fingerprint density at radius 2 is 1.56 bits per heavy atom. The average Bonchev–Trinajstić information content (AvgIpc) is 2.68. The minimum Gasteiger partial charge on any atom is -0.347 e. The Labute approximate surface area is 158 Å². The summed E-state index contributed by atoms with van der Waals surface area (Å²) in [7, 11) is 0. The Bertz CT molecular complexity index is 983. The van der Waals surface area contributed by atoms with Gasteiger partial charge >= 0.3 is 0 Å². The lowest BCUT2D eigenvalue weighted by Crippen LogP contribution is -2.25. The topological polar surface area (TPSA) is 71.1 Å². The molecular weight excluding hydrogens is 338 g/mol. The fourth-order valence-corrected chi connectivity index (χ4v) is 2.68. The first kappa shape index (κ1) is 18.3. The highest BCUT2D eigenvalue weighted by Crippen LogP contribution is 2.14. The number of pyridine rings is 1. The summed E-state index contributed by atoms with van der Waals surface area (Å²) < 4.78 is 0. The zero-order valence-corrected chi connectivity index (χ0v) is 15.3. The van der Waals surface area contributed by atoms with Gasteiger partial charge in [0.1, 0.15) is 11.4 Å². The van der Waals surface area contributed by atoms with E-state index in [0.717, 1.165) is 22.4 Å². The lowest BCUT2D eigenvalue weighted by atomic mass is 10.1. The van der Waals surface area contributed by atoms with Gasteiger partial charge in [-0.2, -0.15) is 0 Å². The number of carbonyl (C=O) groups excluding carboxylic acids is 2. The first-order valence-corrected chi connectivity index (χ1v) is 8.71. The van der Waals surface area contributed by atoms with Crippen LogP contribution in [0.1, 0.15) is 37.7 Å². The predicted molar refractivity (Wildman–Crippen MR) is 106 cm³/mol. The van der Waals surface area contributed by atoms with Gasteiger partial charge in [-0.05, 0) is 43.2 Å². The highest BCUT2D eigenvalue weighted by atomic mass is 16.2. The second-order valence-corrected chi connectivity index (χ2v) is 6.35. The molecule has 136 valence electrons. The van der Waals surface area contributed by atoms with Crippen LogP contribution in [0.5, 0.6) is 0 Å². The van der Waals surface area contributed by atoms with Crippen molar-refractivity contribution in [2.75, 3.05) is 5.32 Å². The van der Waals surface area contributed by atoms with Gasteiger partial charge in [0.25, 0.3) is 11.8 Å². The van der Waals surface area contributed by atoms with Gasteiger partial charge in [-0.1, -0.05) is 54.1 Å². The van der Waals surface area contributed by atoms with E-state index in [4.69, 9.17) is 0 Å². The van der Waals surface area contributed by atoms with Crippen LogP contribution in [0, 0.1) is 13.8 Å². The first-order chi connectivity index (χ1) is 13.0. The van der Waals surface area contributed by atoms with Crippen LogP contribution in [0.3, 0.4) is 0 Å². The molecule has 0 saturated carbocycles. The van der Waals surface area contributed by atoms with E-state index in [1.807, 2.05) is 62.4 Å². The van der Waals surface area contributed by atoms with Crippen molar-refractivity contribution in [2.24, 2.45) is 0 Å². The summed E-state index contributed by atoms with van der Waals surface area (Å²) in [6.07, 6.45) is 0. The van der Waals surface area contributed by atoms with E-state index in [9.17, 15) is 9.59 Å². The molecule has 2 amide bonds. The van der Waals surface area contributed by atoms with Gasteiger partial charge < -0.3 is 10.6 Å². The summed E-state index contributed by atoms with van der Waals surface area (Å²) in [4.78, 5) is 29.0. The number of aryl methyl sites for hydroxylation is 2. The molecule has 0 aliphatic rings. The molecule has 3 aromatic rings. The van der Waals surface area contributed by atoms with Crippen LogP contribution in [0.4, 0.5) is 5.69 Å². The standard InChI is InChI=1S/C22H21N3O2/c1-15-7-5-9-17(13-15)14-23-21(26)19-11-6-12-20(24-19)22(27)25-18-10-4-3-8-16(18)2/h3-13H,14H2,1-2H3,(H,23,26)(H,25,27). The second-order valence-electron chi connectivity index (χ2n) is 6.35. The van der Waals surface area contributed by atoms with Gasteiger partial charge in [-0.3, -0.25) is 9.59 Å². The maximum Gasteiger partial charge on any atom is 0.274 e. The van der Waals surface area contributed by atoms with Crippen molar-refractivity contribution >= 4 is 17.5 Å². The third-order valence-corrected chi connectivity index (χ3v) is 4.14. The average molecular weight is 359 g/mol. The molecule has 1 aromatic heterocycles. The number of para-hydroxylation sites is 1. The van der Waals surface area contributed by atoms with Gasteiger partial charge in [0.2, 0.25) is 0 Å². The van der Waals surface area contributed by atoms with E-state index in [0.29, 0.717) is 6.54 Å². The number of rotatable bonds is 5. The normalized spacial score (nSPS) is 10.3. The van der Waals surface area contributed by atoms with Crippen LogP contribution in [0.15, 0.2) is 66.7 Å². The van der Waals surface area contributed by atoms with Crippen molar-refractivity contribution in [1.29, 1.82) is 0 Å². The van der Waals surface area contributed by atoms with Crippen LogP contribution >= 0.6 is 0 Å². The maximum absolute atomic E-state index is 12.5. The smallest absolute Gasteiger partial charge is 0.274 e. The molecule has 3 rings (SSSR count). The van der Waals surface area contributed by atoms with E-state index in [1.165, 1.54) is 0 Å². The maximum atomic E-state index is 12.5. The predicted octanol–water partition coefficient (Wildman–Crippen LogP) is 3.88. The molecule has 1 heterocycles. The van der Waals surface area contributed by atoms with E-state index in [2.05, 4.69) is 15.6 Å². The van der Waals surface area contributed by atoms with Crippen LogP contribution < -0.4 is 10.6 Å². The number of nitrogens with one attached hydrogen (secondary N) is 2. The van der Waals surface area contributed by atoms with E-state index in [-0.39, 0.29) is 23.2 Å². The summed E-state index contributed by atoms with van der Waals surface area (Å²) in [5.41, 5.74) is 4.23. The molecule has 0 atom stereocenters. The Hall–Kier alpha value is -3.47. The molecule has 0 unspecified atom stereocenters. The number of aromatic nitrogens is 1. The third-order valence-electron chi connectivity index (χ3n) is 4.14. The lowest BCUT2D eigenvalue weighted by Gasteiger charge is -2.09. The van der Waals surface area contributed by atoms with Crippen molar-refractivity contribution in [1.82, 2.24) is 10.3 Å². The van der Waals surface area contributed by atoms with Gasteiger partial charge in [-0.25, -0.2) is 4.98 Å². The molecule has 2 aromatic carbocycles. The molecule has 27 heavy (non-hydrogen) atoms. The van der Waals surface area contributed by atoms with Crippen LogP contribution in [-0.4, -0.2) is 16.8 Å². The Morgan fingerprint density at radius 3 is 2.30 bits per heavy atom. The SMILES string of the molecule is Cc1cccc(CNC(=O)c2cccc(C(=O)Nc3ccccc3C)n2)c1. The number of hydrogen-bond acceptors (Lipinski definition) is 3. The number of nitrogens with zero attached hydrogens (tertiary/aromatic N) is 1. The number of hydrogen-bond donors (Lipinski definition) is 2. The zero-order chi connectivity index (χ0) is 19.2. The van der Waals surface area contributed by atoms with Gasteiger partial charge in [0, 0.05) is 12.2 Å². The monoisotopic (exact) mass is 359 g/mol. The fraction of sp³-hybridized carbons (Fsp3) is 0.136. The third kappa shape index (κ3) is 4.79. The lowest BCUT2D eigenvalue weighted by molar-refractivity contribution is 0.0945. The summed E-state index contributed by atoms with van der Waals surface area (Å²) in [6, 6.07) is 20.3. The highest BCUT2D eigenvalue weighted by Gasteiger charge is 2.13. The summed E-state index contributed by atoms with van der Waals surface area (Å²) >= 11 is 0. The van der Waals surface area contributed by atoms with Gasteiger partial charge in [0.15, 0.2) is 0 Å². The van der Waals surface area contributed by atoms with Gasteiger partial charge in [0.05, 0.1) is 0 Å². The quantitative estimate of drug-likeness (QED) is 0.726. The first-order valence-electron chi connectivity index (χ1n) is 8.71. The summed E-state index contributed by atoms with van der Waals surface area (Å²) in [5, 5.41) is 5.66. The molecule has 0 fully saturated rings. The molecule has 0 spiro atoms. The Morgan fingerprint density at radius 1 is 0.852 bits per heavy atom. The van der Waals surface area contributed by atoms with Crippen LogP contribution in [-0.2, 0) is 6.54 Å². The van der Waals surface area contributed by atoms with E-state index in [1.54, 1.807) is 18.2 Å². The van der Waals surface area contributed by atoms with Crippen LogP contribution in [0.2, 0.25) is 0 Å². The molecular formula is C22H21N3O2. The number of benzene rings is 2. The molecule has 0 bridgehead atoms. The minimum absolute atomic E-state index is 0.196. The molecule has 0 saturated heterocycles. The zero-order valence-electron chi connectivity index (χ0n) is 15.3. The Kier molecular flexibility index (Phi) is 5.61. The molecule has 5 heteroatoms. The highest BCUT2D eigenvalue weighted by molar-refractivity contribution is 6.04. The molecule has 0 aliphatic carbocycles. The van der Waals surface area contributed by atoms with Crippen molar-refractivity contribution < 1.29 is 9.59 Å². The molecule has 0 aliphatic heterocycles. The number of anilines is 1. The fourth-order valence-electron chi connectivity index (χ4n) is 2.68. The molecule has 2 N–H and O–H groups in total. The summed E-state index contributed by atoms with van der Waals surface area (Å²) in [6.45, 7) is 4.32. The van der Waals surface area contributed by atoms with Crippen LogP contribution in [0.25, 0.3) is 0 Å². The minimum atomic E-state index is -0.349. The summed E-state index contributed by atoms with van der Waals surface area (Å²) in [5.74, 6) is -0.667. The van der Waals surface area contributed by atoms with Crippen molar-refractivity contribution in [2.45, 2.75) is 20.4 Å². The Balaban J connectivity index is 1.68. The van der Waals surface area contributed by atoms with Crippen molar-refractivity contribution in [3.05, 3.63) is 94.8 Å². The number of carbonyl (C=O) groups is 2. The molecule has 5 nitrogen and oxygen atoms in total. The second kappa shape index (κ2) is 8.27.